The van der Waals surface area contributed by atoms with Crippen LogP contribution in [-0.2, 0) is 11.3 Å². The van der Waals surface area contributed by atoms with E-state index in [4.69, 9.17) is 4.74 Å². The van der Waals surface area contributed by atoms with Crippen LogP contribution in [0.5, 0.6) is 11.5 Å². The molecule has 6 nitrogen and oxygen atoms in total. The van der Waals surface area contributed by atoms with Gasteiger partial charge in [-0.05, 0) is 68.4 Å². The molecule has 0 bridgehead atoms. The molecule has 2 N–H and O–H groups in total. The highest BCUT2D eigenvalue weighted by molar-refractivity contribution is 5.96. The smallest absolute Gasteiger partial charge is 0.251 e. The highest BCUT2D eigenvalue weighted by Crippen LogP contribution is 2.44. The number of allylic oxidation sites excluding steroid dienone is 1. The van der Waals surface area contributed by atoms with Crippen LogP contribution in [0, 0.1) is 0 Å². The molecular formula is C37H43N3O3. The Bertz CT molecular complexity index is 1440. The third kappa shape index (κ3) is 7.37. The minimum Gasteiger partial charge on any atom is -0.457 e. The SMILES string of the molecule is O=C(NCc1ccccc1)c1ccc2c(c1)C(C(=O)NC1CCN(C/C3=C/CCCCCCC3)CC1)c1ccccc1O2. The van der Waals surface area contributed by atoms with Crippen molar-refractivity contribution in [3.8, 4) is 11.5 Å². The van der Waals surface area contributed by atoms with Crippen LogP contribution in [0.3, 0.4) is 0 Å². The van der Waals surface area contributed by atoms with Gasteiger partial charge < -0.3 is 15.4 Å². The summed E-state index contributed by atoms with van der Waals surface area (Å²) in [5, 5.41) is 6.39. The number of rotatable bonds is 7. The number of carbonyl (C=O) groups is 2. The zero-order chi connectivity index (χ0) is 29.4. The molecule has 2 aliphatic heterocycles. The minimum absolute atomic E-state index is 0.0312. The molecule has 43 heavy (non-hydrogen) atoms. The van der Waals surface area contributed by atoms with Gasteiger partial charge in [0.05, 0.1) is 5.92 Å². The zero-order valence-electron chi connectivity index (χ0n) is 25.0. The Morgan fingerprint density at radius 1 is 0.814 bits per heavy atom. The van der Waals surface area contributed by atoms with Gasteiger partial charge >= 0.3 is 0 Å². The molecule has 0 saturated carbocycles. The molecule has 1 fully saturated rings. The van der Waals surface area contributed by atoms with E-state index in [9.17, 15) is 9.59 Å². The Morgan fingerprint density at radius 2 is 1.56 bits per heavy atom. The number of benzene rings is 3. The molecule has 1 saturated heterocycles. The number of hydrogen-bond donors (Lipinski definition) is 2. The third-order valence-corrected chi connectivity index (χ3v) is 9.09. The Morgan fingerprint density at radius 3 is 2.42 bits per heavy atom. The summed E-state index contributed by atoms with van der Waals surface area (Å²) in [6, 6.07) is 23.1. The predicted molar refractivity (Wildman–Crippen MR) is 170 cm³/mol. The van der Waals surface area contributed by atoms with Crippen molar-refractivity contribution >= 4 is 11.8 Å². The predicted octanol–water partition coefficient (Wildman–Crippen LogP) is 7.11. The Hall–Kier alpha value is -3.90. The van der Waals surface area contributed by atoms with Crippen molar-refractivity contribution in [3.63, 3.8) is 0 Å². The average molecular weight is 578 g/mol. The molecule has 1 unspecified atom stereocenters. The van der Waals surface area contributed by atoms with Crippen molar-refractivity contribution in [2.24, 2.45) is 0 Å². The standard InChI is InChI=1S/C37H43N3O3/c41-36(38-25-27-12-8-5-9-13-27)29-18-19-34-32(24-29)35(31-16-10-11-17-33(31)43-34)37(42)39-30-20-22-40(23-21-30)26-28-14-6-3-1-2-4-7-15-28/h5,8-14,16-19,24,30,35H,1-4,6-7,15,20-23,25-26H2,(H,38,41)(H,39,42)/b28-14+. The van der Waals surface area contributed by atoms with E-state index < -0.39 is 5.92 Å². The number of fused-ring (bicyclic) bond motifs is 2. The average Bonchev–Trinajstić information content (AvgIpc) is 3.17. The number of amides is 2. The number of carbonyl (C=O) groups excluding carboxylic acids is 2. The van der Waals surface area contributed by atoms with Crippen molar-refractivity contribution < 1.29 is 14.3 Å². The summed E-state index contributed by atoms with van der Waals surface area (Å²) in [4.78, 5) is 29.7. The van der Waals surface area contributed by atoms with Crippen molar-refractivity contribution in [2.45, 2.75) is 76.3 Å². The lowest BCUT2D eigenvalue weighted by Gasteiger charge is -2.34. The van der Waals surface area contributed by atoms with Crippen LogP contribution in [0.1, 0.15) is 90.8 Å². The van der Waals surface area contributed by atoms with Gasteiger partial charge in [0, 0.05) is 48.9 Å². The number of hydrogen-bond acceptors (Lipinski definition) is 4. The highest BCUT2D eigenvalue weighted by atomic mass is 16.5. The molecule has 6 heteroatoms. The molecular weight excluding hydrogens is 534 g/mol. The van der Waals surface area contributed by atoms with Gasteiger partial charge in [0.15, 0.2) is 0 Å². The monoisotopic (exact) mass is 577 g/mol. The zero-order valence-corrected chi connectivity index (χ0v) is 25.0. The van der Waals surface area contributed by atoms with Gasteiger partial charge in [-0.25, -0.2) is 0 Å². The summed E-state index contributed by atoms with van der Waals surface area (Å²) in [6.07, 6.45) is 13.5. The number of nitrogens with zero attached hydrogens (tertiary/aromatic N) is 1. The fourth-order valence-corrected chi connectivity index (χ4v) is 6.65. The lowest BCUT2D eigenvalue weighted by atomic mass is 9.85. The third-order valence-electron chi connectivity index (χ3n) is 9.09. The topological polar surface area (TPSA) is 70.7 Å². The van der Waals surface area contributed by atoms with Gasteiger partial charge in [-0.15, -0.1) is 0 Å². The van der Waals surface area contributed by atoms with E-state index in [1.54, 1.807) is 11.6 Å². The van der Waals surface area contributed by atoms with Crippen LogP contribution < -0.4 is 15.4 Å². The van der Waals surface area contributed by atoms with Gasteiger partial charge in [-0.3, -0.25) is 14.5 Å². The van der Waals surface area contributed by atoms with Crippen LogP contribution in [0.2, 0.25) is 0 Å². The molecule has 1 atom stereocenters. The molecule has 3 aromatic carbocycles. The van der Waals surface area contributed by atoms with Crippen LogP contribution in [-0.4, -0.2) is 42.4 Å². The first kappa shape index (κ1) is 29.2. The van der Waals surface area contributed by atoms with E-state index in [0.29, 0.717) is 23.6 Å². The summed E-state index contributed by atoms with van der Waals surface area (Å²) in [6.45, 7) is 3.50. The van der Waals surface area contributed by atoms with E-state index in [1.807, 2.05) is 66.7 Å². The summed E-state index contributed by atoms with van der Waals surface area (Å²) in [7, 11) is 0. The van der Waals surface area contributed by atoms with Gasteiger partial charge in [0.1, 0.15) is 11.5 Å². The van der Waals surface area contributed by atoms with E-state index in [1.165, 1.54) is 44.9 Å². The Balaban J connectivity index is 1.12. The van der Waals surface area contributed by atoms with E-state index >= 15 is 0 Å². The van der Waals surface area contributed by atoms with Crippen molar-refractivity contribution in [1.82, 2.24) is 15.5 Å². The second kappa shape index (κ2) is 14.0. The molecule has 2 heterocycles. The maximum Gasteiger partial charge on any atom is 0.251 e. The Labute approximate surface area is 255 Å². The number of piperidine rings is 1. The lowest BCUT2D eigenvalue weighted by molar-refractivity contribution is -0.122. The lowest BCUT2D eigenvalue weighted by Crippen LogP contribution is -2.46. The molecule has 0 radical (unpaired) electrons. The Kier molecular flexibility index (Phi) is 9.53. The molecule has 1 aliphatic carbocycles. The maximum absolute atomic E-state index is 14.0. The number of para-hydroxylation sites is 1. The first-order chi connectivity index (χ1) is 21.1. The molecule has 6 rings (SSSR count). The number of likely N-dealkylation sites (tertiary alicyclic amines) is 1. The summed E-state index contributed by atoms with van der Waals surface area (Å²) < 4.78 is 6.20. The molecule has 0 aromatic heterocycles. The largest absolute Gasteiger partial charge is 0.457 e. The number of nitrogens with one attached hydrogen (secondary N) is 2. The van der Waals surface area contributed by atoms with Crippen molar-refractivity contribution in [2.75, 3.05) is 19.6 Å². The fourth-order valence-electron chi connectivity index (χ4n) is 6.65. The quantitative estimate of drug-likeness (QED) is 0.294. The summed E-state index contributed by atoms with van der Waals surface area (Å²) in [5.74, 6) is 0.568. The molecule has 0 spiro atoms. The second-order valence-electron chi connectivity index (χ2n) is 12.2. The summed E-state index contributed by atoms with van der Waals surface area (Å²) >= 11 is 0. The normalized spacial score (nSPS) is 20.6. The van der Waals surface area contributed by atoms with Crippen LogP contribution in [0.25, 0.3) is 0 Å². The van der Waals surface area contributed by atoms with Gasteiger partial charge in [-0.2, -0.15) is 0 Å². The van der Waals surface area contributed by atoms with Crippen LogP contribution in [0.15, 0.2) is 84.4 Å². The first-order valence-electron chi connectivity index (χ1n) is 16.1. The second-order valence-corrected chi connectivity index (χ2v) is 12.2. The van der Waals surface area contributed by atoms with Crippen LogP contribution in [0.4, 0.5) is 0 Å². The number of ether oxygens (including phenoxy) is 1. The van der Waals surface area contributed by atoms with Gasteiger partial charge in [0.2, 0.25) is 5.91 Å². The van der Waals surface area contributed by atoms with Gasteiger partial charge in [0.25, 0.3) is 5.91 Å². The van der Waals surface area contributed by atoms with Crippen LogP contribution >= 0.6 is 0 Å². The van der Waals surface area contributed by atoms with E-state index in [0.717, 1.165) is 49.2 Å². The van der Waals surface area contributed by atoms with Gasteiger partial charge in [-0.1, -0.05) is 79.4 Å². The van der Waals surface area contributed by atoms with Crippen molar-refractivity contribution in [3.05, 3.63) is 107 Å². The highest BCUT2D eigenvalue weighted by Gasteiger charge is 2.35. The first-order valence-corrected chi connectivity index (χ1v) is 16.1. The maximum atomic E-state index is 14.0. The summed E-state index contributed by atoms with van der Waals surface area (Å²) in [5.41, 5.74) is 4.71. The minimum atomic E-state index is -0.538. The molecule has 3 aromatic rings. The van der Waals surface area contributed by atoms with E-state index in [-0.39, 0.29) is 17.9 Å². The molecule has 2 amide bonds. The van der Waals surface area contributed by atoms with E-state index in [2.05, 4.69) is 21.6 Å². The molecule has 224 valence electrons. The fraction of sp³-hybridized carbons (Fsp3) is 0.405. The molecule has 3 aliphatic rings. The van der Waals surface area contributed by atoms with Crippen molar-refractivity contribution in [1.29, 1.82) is 0 Å².